The highest BCUT2D eigenvalue weighted by Gasteiger charge is 2.72. The summed E-state index contributed by atoms with van der Waals surface area (Å²) < 4.78 is 213. The van der Waals surface area contributed by atoms with Crippen molar-refractivity contribution in [2.45, 2.75) is 42.6 Å². The van der Waals surface area contributed by atoms with Gasteiger partial charge in [0.1, 0.15) is 11.5 Å². The van der Waals surface area contributed by atoms with Crippen LogP contribution in [0.2, 0.25) is 0 Å². The maximum Gasteiger partial charge on any atom is 0.534 e. The molecule has 0 aliphatic carbocycles. The molecular formula is C19H12F12O6S2. The van der Waals surface area contributed by atoms with Gasteiger partial charge in [0.25, 0.3) is 0 Å². The Balaban J connectivity index is 2.74. The minimum atomic E-state index is -6.65. The molecule has 0 atom stereocenters. The second-order valence-electron chi connectivity index (χ2n) is 7.66. The summed E-state index contributed by atoms with van der Waals surface area (Å²) in [6, 6.07) is 0.677. The third-order valence-electron chi connectivity index (χ3n) is 4.90. The standard InChI is InChI=1S/C19H12F12O6S2/c1-9-7-11(3-5-13(9)36-38(32,33)18(26,27)28)15(20,16(21,22)17(23,24)25)12-4-6-14(10(2)8-12)37-39(34,35)19(29,30)31/h3-8H,1-2H3. The molecule has 0 aliphatic rings. The van der Waals surface area contributed by atoms with Crippen molar-refractivity contribution in [2.24, 2.45) is 0 Å². The van der Waals surface area contributed by atoms with Gasteiger partial charge in [-0.25, -0.2) is 4.39 Å². The Labute approximate surface area is 211 Å². The summed E-state index contributed by atoms with van der Waals surface area (Å²) in [6.45, 7) is 1.36. The first-order valence-electron chi connectivity index (χ1n) is 9.56. The summed E-state index contributed by atoms with van der Waals surface area (Å²) in [5.41, 5.74) is -21.8. The topological polar surface area (TPSA) is 86.7 Å². The van der Waals surface area contributed by atoms with Gasteiger partial charge in [0.05, 0.1) is 0 Å². The molecule has 0 heterocycles. The number of halogens is 12. The van der Waals surface area contributed by atoms with Crippen molar-refractivity contribution in [3.8, 4) is 11.5 Å². The molecule has 0 unspecified atom stereocenters. The summed E-state index contributed by atoms with van der Waals surface area (Å²) in [7, 11) is -12.7. The fraction of sp³-hybridized carbons (Fsp3) is 0.368. The van der Waals surface area contributed by atoms with E-state index in [1.165, 1.54) is 0 Å². The zero-order valence-electron chi connectivity index (χ0n) is 18.8. The summed E-state index contributed by atoms with van der Waals surface area (Å²) in [5, 5.41) is 0. The van der Waals surface area contributed by atoms with E-state index in [1.54, 1.807) is 0 Å². The summed E-state index contributed by atoms with van der Waals surface area (Å²) in [4.78, 5) is 0. The monoisotopic (exact) mass is 628 g/mol. The minimum Gasteiger partial charge on any atom is -0.376 e. The molecule has 2 aromatic carbocycles. The molecule has 39 heavy (non-hydrogen) atoms. The number of alkyl halides is 12. The van der Waals surface area contributed by atoms with Crippen molar-refractivity contribution < 1.29 is 77.9 Å². The van der Waals surface area contributed by atoms with Gasteiger partial charge >= 0.3 is 43.4 Å². The Bertz CT molecular complexity index is 1360. The second-order valence-corrected chi connectivity index (χ2v) is 10.7. The fourth-order valence-electron chi connectivity index (χ4n) is 2.97. The largest absolute Gasteiger partial charge is 0.534 e. The maximum atomic E-state index is 16.1. The van der Waals surface area contributed by atoms with E-state index in [1.807, 2.05) is 0 Å². The molecule has 20 heteroatoms. The highest BCUT2D eigenvalue weighted by molar-refractivity contribution is 7.88. The zero-order valence-corrected chi connectivity index (χ0v) is 20.4. The number of hydrogen-bond donors (Lipinski definition) is 0. The van der Waals surface area contributed by atoms with Crippen LogP contribution in [0.1, 0.15) is 22.3 Å². The van der Waals surface area contributed by atoms with Crippen LogP contribution >= 0.6 is 0 Å². The van der Waals surface area contributed by atoms with Crippen molar-refractivity contribution in [3.05, 3.63) is 58.7 Å². The smallest absolute Gasteiger partial charge is 0.376 e. The summed E-state index contributed by atoms with van der Waals surface area (Å²) in [6.07, 6.45) is -6.65. The van der Waals surface area contributed by atoms with Crippen LogP contribution in [0.4, 0.5) is 52.7 Å². The highest BCUT2D eigenvalue weighted by atomic mass is 32.2. The van der Waals surface area contributed by atoms with Gasteiger partial charge < -0.3 is 8.37 Å². The molecule has 0 saturated carbocycles. The average molecular weight is 628 g/mol. The number of benzene rings is 2. The van der Waals surface area contributed by atoms with Crippen LogP contribution in [-0.4, -0.2) is 40.0 Å². The van der Waals surface area contributed by atoms with Crippen molar-refractivity contribution >= 4 is 20.2 Å². The number of aryl methyl sites for hydroxylation is 2. The SMILES string of the molecule is Cc1cc(C(F)(c2ccc(OS(=O)(=O)C(F)(F)F)c(C)c2)C(F)(F)C(F)(F)F)ccc1OS(=O)(=O)C(F)(F)F. The Kier molecular flexibility index (Phi) is 7.98. The number of rotatable bonds is 7. The molecule has 0 spiro atoms. The van der Waals surface area contributed by atoms with Crippen molar-refractivity contribution in [2.75, 3.05) is 0 Å². The molecule has 0 fully saturated rings. The predicted octanol–water partition coefficient (Wildman–Crippen LogP) is 6.17. The minimum absolute atomic E-state index is 0.0573. The van der Waals surface area contributed by atoms with E-state index in [9.17, 15) is 65.1 Å². The third kappa shape index (κ3) is 5.85. The summed E-state index contributed by atoms with van der Waals surface area (Å²) >= 11 is 0. The molecule has 0 aromatic heterocycles. The highest BCUT2D eigenvalue weighted by Crippen LogP contribution is 2.55. The molecule has 2 rings (SSSR count). The van der Waals surface area contributed by atoms with Crippen LogP contribution in [0.3, 0.4) is 0 Å². The molecular weight excluding hydrogens is 616 g/mol. The fourth-order valence-corrected chi connectivity index (χ4v) is 4.01. The van der Waals surface area contributed by atoms with E-state index in [0.29, 0.717) is 13.8 Å². The predicted molar refractivity (Wildman–Crippen MR) is 106 cm³/mol. The first-order chi connectivity index (χ1) is 17.2. The van der Waals surface area contributed by atoms with E-state index in [2.05, 4.69) is 8.37 Å². The van der Waals surface area contributed by atoms with Crippen LogP contribution in [0, 0.1) is 13.8 Å². The first-order valence-corrected chi connectivity index (χ1v) is 12.4. The molecule has 0 N–H and O–H groups in total. The zero-order chi connectivity index (χ0) is 30.6. The van der Waals surface area contributed by atoms with E-state index in [4.69, 9.17) is 0 Å². The molecule has 2 aromatic rings. The molecule has 220 valence electrons. The van der Waals surface area contributed by atoms with Gasteiger partial charge in [-0.15, -0.1) is 0 Å². The molecule has 0 aliphatic heterocycles. The lowest BCUT2D eigenvalue weighted by Gasteiger charge is -2.36. The summed E-state index contributed by atoms with van der Waals surface area (Å²) in [5.74, 6) is -8.77. The van der Waals surface area contributed by atoms with Gasteiger partial charge in [-0.05, 0) is 49.2 Å². The van der Waals surface area contributed by atoms with E-state index < -0.39 is 82.8 Å². The van der Waals surface area contributed by atoms with Crippen LogP contribution in [0.25, 0.3) is 0 Å². The van der Waals surface area contributed by atoms with Gasteiger partial charge in [0, 0.05) is 11.1 Å². The average Bonchev–Trinajstić information content (AvgIpc) is 2.73. The Morgan fingerprint density at radius 2 is 0.872 bits per heavy atom. The third-order valence-corrected chi connectivity index (χ3v) is 6.83. The molecule has 0 radical (unpaired) electrons. The molecule has 0 bridgehead atoms. The Morgan fingerprint density at radius 3 is 1.10 bits per heavy atom. The molecule has 0 amide bonds. The van der Waals surface area contributed by atoms with Gasteiger partial charge in [-0.1, -0.05) is 12.1 Å². The first kappa shape index (κ1) is 32.3. The molecule has 0 saturated heterocycles. The van der Waals surface area contributed by atoms with Crippen LogP contribution in [0.15, 0.2) is 36.4 Å². The van der Waals surface area contributed by atoms with Gasteiger partial charge in [0.2, 0.25) is 5.67 Å². The van der Waals surface area contributed by atoms with Gasteiger partial charge in [-0.2, -0.15) is 65.1 Å². The lowest BCUT2D eigenvalue weighted by Crippen LogP contribution is -2.53. The lowest BCUT2D eigenvalue weighted by molar-refractivity contribution is -0.323. The van der Waals surface area contributed by atoms with E-state index in [-0.39, 0.29) is 36.4 Å². The maximum absolute atomic E-state index is 16.1. The number of hydrogen-bond acceptors (Lipinski definition) is 6. The van der Waals surface area contributed by atoms with Gasteiger partial charge in [0.15, 0.2) is 0 Å². The van der Waals surface area contributed by atoms with E-state index in [0.717, 1.165) is 0 Å². The van der Waals surface area contributed by atoms with Crippen molar-refractivity contribution in [1.82, 2.24) is 0 Å². The van der Waals surface area contributed by atoms with Crippen LogP contribution in [0.5, 0.6) is 11.5 Å². The van der Waals surface area contributed by atoms with E-state index >= 15 is 4.39 Å². The van der Waals surface area contributed by atoms with Crippen LogP contribution in [-0.2, 0) is 25.9 Å². The van der Waals surface area contributed by atoms with Crippen molar-refractivity contribution in [1.29, 1.82) is 0 Å². The van der Waals surface area contributed by atoms with Gasteiger partial charge in [-0.3, -0.25) is 0 Å². The lowest BCUT2D eigenvalue weighted by atomic mass is 9.81. The van der Waals surface area contributed by atoms with Crippen LogP contribution < -0.4 is 8.37 Å². The second kappa shape index (κ2) is 9.63. The van der Waals surface area contributed by atoms with Crippen molar-refractivity contribution in [3.63, 3.8) is 0 Å². The Morgan fingerprint density at radius 1 is 0.564 bits per heavy atom. The normalized spacial score (nSPS) is 14.3. The quantitative estimate of drug-likeness (QED) is 0.207. The Hall–Kier alpha value is -2.90. The molecule has 6 nitrogen and oxygen atoms in total.